The number of hydrogen-bond acceptors (Lipinski definition) is 3. The van der Waals surface area contributed by atoms with E-state index in [4.69, 9.17) is 0 Å². The Kier molecular flexibility index (Phi) is 3.11. The summed E-state index contributed by atoms with van der Waals surface area (Å²) in [6, 6.07) is 3.96. The first-order valence-corrected chi connectivity index (χ1v) is 6.49. The molecule has 1 aromatic rings. The quantitative estimate of drug-likeness (QED) is 0.862. The van der Waals surface area contributed by atoms with Crippen LogP contribution >= 0.6 is 0 Å². The van der Waals surface area contributed by atoms with E-state index in [1.54, 1.807) is 4.90 Å². The maximum Gasteiger partial charge on any atom is 0.586 e. The topological polar surface area (TPSA) is 50.8 Å². The minimum atomic E-state index is -3.64. The first-order chi connectivity index (χ1) is 9.53. The molecule has 0 spiro atoms. The number of rotatable bonds is 1. The maximum atomic E-state index is 12.9. The molecule has 2 aliphatic rings. The van der Waals surface area contributed by atoms with Crippen molar-refractivity contribution < 1.29 is 23.0 Å². The zero-order valence-electron chi connectivity index (χ0n) is 10.7. The standard InChI is InChI=1S/C13H14F2N2O3/c14-13(15)19-10-5-4-9(8-11(10)20-13)16-12(18)17-6-2-1-3-7-17/h4-5,8H,1-3,6-7H2,(H,16,18). The molecule has 108 valence electrons. The van der Waals surface area contributed by atoms with E-state index in [0.717, 1.165) is 19.3 Å². The van der Waals surface area contributed by atoms with E-state index >= 15 is 0 Å². The van der Waals surface area contributed by atoms with Gasteiger partial charge in [-0.25, -0.2) is 4.79 Å². The van der Waals surface area contributed by atoms with Crippen molar-refractivity contribution >= 4 is 11.7 Å². The van der Waals surface area contributed by atoms with Gasteiger partial charge in [-0.05, 0) is 31.4 Å². The fraction of sp³-hybridized carbons (Fsp3) is 0.462. The fourth-order valence-corrected chi connectivity index (χ4v) is 2.33. The third-order valence-electron chi connectivity index (χ3n) is 3.30. The molecule has 2 amide bonds. The second-order valence-corrected chi connectivity index (χ2v) is 4.81. The molecule has 1 N–H and O–H groups in total. The molecule has 0 aliphatic carbocycles. The van der Waals surface area contributed by atoms with Gasteiger partial charge in [0.15, 0.2) is 11.5 Å². The lowest BCUT2D eigenvalue weighted by Gasteiger charge is -2.26. The van der Waals surface area contributed by atoms with Gasteiger partial charge in [0.25, 0.3) is 0 Å². The van der Waals surface area contributed by atoms with Gasteiger partial charge >= 0.3 is 12.3 Å². The van der Waals surface area contributed by atoms with Crippen molar-refractivity contribution in [1.29, 1.82) is 0 Å². The van der Waals surface area contributed by atoms with Crippen LogP contribution in [-0.4, -0.2) is 30.3 Å². The molecular weight excluding hydrogens is 270 g/mol. The molecule has 2 heterocycles. The molecule has 1 saturated heterocycles. The van der Waals surface area contributed by atoms with E-state index in [9.17, 15) is 13.6 Å². The molecule has 1 aromatic carbocycles. The number of anilines is 1. The largest absolute Gasteiger partial charge is 0.586 e. The number of hydrogen-bond donors (Lipinski definition) is 1. The molecule has 0 atom stereocenters. The summed E-state index contributed by atoms with van der Waals surface area (Å²) < 4.78 is 34.4. The lowest BCUT2D eigenvalue weighted by atomic mass is 10.1. The van der Waals surface area contributed by atoms with E-state index in [2.05, 4.69) is 14.8 Å². The highest BCUT2D eigenvalue weighted by Crippen LogP contribution is 2.42. The summed E-state index contributed by atoms with van der Waals surface area (Å²) in [6.45, 7) is 1.43. The number of ether oxygens (including phenoxy) is 2. The number of halogens is 2. The highest BCUT2D eigenvalue weighted by atomic mass is 19.3. The molecule has 7 heteroatoms. The molecule has 3 rings (SSSR count). The van der Waals surface area contributed by atoms with Crippen molar-refractivity contribution in [2.45, 2.75) is 25.6 Å². The van der Waals surface area contributed by atoms with Crippen molar-refractivity contribution in [3.05, 3.63) is 18.2 Å². The van der Waals surface area contributed by atoms with E-state index in [1.165, 1.54) is 18.2 Å². The Bertz CT molecular complexity index is 530. The Hall–Kier alpha value is -2.05. The number of amides is 2. The zero-order valence-corrected chi connectivity index (χ0v) is 10.7. The van der Waals surface area contributed by atoms with Crippen LogP contribution < -0.4 is 14.8 Å². The number of benzene rings is 1. The van der Waals surface area contributed by atoms with Crippen LogP contribution in [0.15, 0.2) is 18.2 Å². The van der Waals surface area contributed by atoms with Crippen molar-refractivity contribution in [3.8, 4) is 11.5 Å². The molecule has 5 nitrogen and oxygen atoms in total. The van der Waals surface area contributed by atoms with Gasteiger partial charge in [-0.15, -0.1) is 8.78 Å². The van der Waals surface area contributed by atoms with E-state index in [0.29, 0.717) is 18.8 Å². The van der Waals surface area contributed by atoms with Gasteiger partial charge in [-0.1, -0.05) is 0 Å². The predicted molar refractivity (Wildman–Crippen MR) is 67.1 cm³/mol. The van der Waals surface area contributed by atoms with Crippen LogP contribution in [0, 0.1) is 0 Å². The van der Waals surface area contributed by atoms with Gasteiger partial charge in [0, 0.05) is 24.8 Å². The zero-order chi connectivity index (χ0) is 14.2. The van der Waals surface area contributed by atoms with Crippen LogP contribution in [0.1, 0.15) is 19.3 Å². The molecule has 1 fully saturated rings. The molecule has 2 aliphatic heterocycles. The number of fused-ring (bicyclic) bond motifs is 1. The smallest absolute Gasteiger partial charge is 0.395 e. The Morgan fingerprint density at radius 2 is 1.85 bits per heavy atom. The third kappa shape index (κ3) is 2.61. The number of urea groups is 1. The number of piperidine rings is 1. The van der Waals surface area contributed by atoms with Crippen molar-refractivity contribution in [2.75, 3.05) is 18.4 Å². The van der Waals surface area contributed by atoms with Gasteiger partial charge in [-0.2, -0.15) is 0 Å². The van der Waals surface area contributed by atoms with Crippen LogP contribution in [-0.2, 0) is 0 Å². The second-order valence-electron chi connectivity index (χ2n) is 4.81. The van der Waals surface area contributed by atoms with Crippen molar-refractivity contribution in [3.63, 3.8) is 0 Å². The number of nitrogens with zero attached hydrogens (tertiary/aromatic N) is 1. The minimum absolute atomic E-state index is 0.0361. The number of nitrogens with one attached hydrogen (secondary N) is 1. The van der Waals surface area contributed by atoms with Gasteiger partial charge in [0.05, 0.1) is 0 Å². The van der Waals surface area contributed by atoms with Gasteiger partial charge in [0.1, 0.15) is 0 Å². The molecule has 0 aromatic heterocycles. The first kappa shape index (κ1) is 13.0. The summed E-state index contributed by atoms with van der Waals surface area (Å²) in [7, 11) is 0. The molecule has 20 heavy (non-hydrogen) atoms. The highest BCUT2D eigenvalue weighted by molar-refractivity contribution is 5.89. The summed E-state index contributed by atoms with van der Waals surface area (Å²) in [5.74, 6) is -0.114. The Balaban J connectivity index is 1.68. The Morgan fingerprint density at radius 1 is 1.15 bits per heavy atom. The first-order valence-electron chi connectivity index (χ1n) is 6.49. The maximum absolute atomic E-state index is 12.9. The monoisotopic (exact) mass is 284 g/mol. The normalized spacial score (nSPS) is 19.8. The fourth-order valence-electron chi connectivity index (χ4n) is 2.33. The second kappa shape index (κ2) is 4.81. The van der Waals surface area contributed by atoms with Gasteiger partial charge in [0.2, 0.25) is 0 Å². The van der Waals surface area contributed by atoms with Gasteiger partial charge in [-0.3, -0.25) is 0 Å². The molecule has 0 bridgehead atoms. The van der Waals surface area contributed by atoms with Crippen LogP contribution in [0.5, 0.6) is 11.5 Å². The summed E-state index contributed by atoms with van der Waals surface area (Å²) >= 11 is 0. The van der Waals surface area contributed by atoms with E-state index < -0.39 is 6.29 Å². The summed E-state index contributed by atoms with van der Waals surface area (Å²) in [4.78, 5) is 13.7. The SMILES string of the molecule is O=C(Nc1ccc2c(c1)OC(F)(F)O2)N1CCCCC1. The lowest BCUT2D eigenvalue weighted by Crippen LogP contribution is -2.38. The Labute approximate surface area is 114 Å². The van der Waals surface area contributed by atoms with Crippen LogP contribution in [0.3, 0.4) is 0 Å². The summed E-state index contributed by atoms with van der Waals surface area (Å²) in [5, 5.41) is 2.68. The average molecular weight is 284 g/mol. The number of carbonyl (C=O) groups excluding carboxylic acids is 1. The van der Waals surface area contributed by atoms with Gasteiger partial charge < -0.3 is 19.7 Å². The van der Waals surface area contributed by atoms with Crippen molar-refractivity contribution in [2.24, 2.45) is 0 Å². The number of likely N-dealkylation sites (tertiary alicyclic amines) is 1. The van der Waals surface area contributed by atoms with E-state index in [1.807, 2.05) is 0 Å². The molecule has 0 radical (unpaired) electrons. The van der Waals surface area contributed by atoms with Crippen LogP contribution in [0.2, 0.25) is 0 Å². The van der Waals surface area contributed by atoms with Crippen LogP contribution in [0.25, 0.3) is 0 Å². The minimum Gasteiger partial charge on any atom is -0.395 e. The lowest BCUT2D eigenvalue weighted by molar-refractivity contribution is -0.286. The highest BCUT2D eigenvalue weighted by Gasteiger charge is 2.43. The van der Waals surface area contributed by atoms with E-state index in [-0.39, 0.29) is 17.5 Å². The molecule has 0 unspecified atom stereocenters. The molecular formula is C13H14F2N2O3. The summed E-state index contributed by atoms with van der Waals surface area (Å²) in [6.07, 6.45) is -0.539. The van der Waals surface area contributed by atoms with Crippen molar-refractivity contribution in [1.82, 2.24) is 4.90 Å². The molecule has 0 saturated carbocycles. The summed E-state index contributed by atoms with van der Waals surface area (Å²) in [5.41, 5.74) is 0.403. The predicted octanol–water partition coefficient (Wildman–Crippen LogP) is 3.03. The number of carbonyl (C=O) groups is 1. The number of alkyl halides is 2. The Morgan fingerprint density at radius 3 is 2.60 bits per heavy atom. The third-order valence-corrected chi connectivity index (χ3v) is 3.30. The average Bonchev–Trinajstić information content (AvgIpc) is 2.73. The van der Waals surface area contributed by atoms with Crippen LogP contribution in [0.4, 0.5) is 19.3 Å².